The summed E-state index contributed by atoms with van der Waals surface area (Å²) in [5.74, 6) is 0.197. The van der Waals surface area contributed by atoms with Gasteiger partial charge in [-0.15, -0.1) is 0 Å². The van der Waals surface area contributed by atoms with Crippen LogP contribution in [0.4, 0.5) is 0 Å². The fourth-order valence-corrected chi connectivity index (χ4v) is 4.36. The van der Waals surface area contributed by atoms with Crippen LogP contribution < -0.4 is 5.32 Å². The quantitative estimate of drug-likeness (QED) is 0.425. The molecule has 0 saturated heterocycles. The molecule has 0 aliphatic rings. The number of nitrogens with one attached hydrogen (secondary N) is 1. The Labute approximate surface area is 180 Å². The van der Waals surface area contributed by atoms with E-state index in [1.165, 1.54) is 5.56 Å². The molecule has 1 aromatic carbocycles. The van der Waals surface area contributed by atoms with Crippen LogP contribution >= 0.6 is 0 Å². The monoisotopic (exact) mass is 402 g/mol. The first kappa shape index (κ1) is 25.7. The molecule has 1 atom stereocenters. The van der Waals surface area contributed by atoms with Gasteiger partial charge in [-0.3, -0.25) is 9.69 Å². The SMILES string of the molecule is CCCCN(CCCC)C(CCc1ccccc1)C(=O)NC(C)(C)CC(C)(C)C. The van der Waals surface area contributed by atoms with Crippen molar-refractivity contribution in [2.24, 2.45) is 5.41 Å². The second-order valence-electron chi connectivity index (χ2n) is 10.4. The molecular weight excluding hydrogens is 356 g/mol. The fourth-order valence-electron chi connectivity index (χ4n) is 4.36. The highest BCUT2D eigenvalue weighted by Crippen LogP contribution is 2.27. The maximum Gasteiger partial charge on any atom is 0.237 e. The summed E-state index contributed by atoms with van der Waals surface area (Å²) in [4.78, 5) is 15.9. The van der Waals surface area contributed by atoms with Gasteiger partial charge in [-0.25, -0.2) is 0 Å². The number of hydrogen-bond acceptors (Lipinski definition) is 2. The zero-order valence-corrected chi connectivity index (χ0v) is 20.2. The molecule has 0 aliphatic heterocycles. The summed E-state index contributed by atoms with van der Waals surface area (Å²) in [6, 6.07) is 10.5. The van der Waals surface area contributed by atoms with Gasteiger partial charge in [-0.2, -0.15) is 0 Å². The molecule has 0 heterocycles. The molecule has 1 amide bonds. The smallest absolute Gasteiger partial charge is 0.237 e. The van der Waals surface area contributed by atoms with Crippen LogP contribution in [-0.4, -0.2) is 35.5 Å². The number of hydrogen-bond donors (Lipinski definition) is 1. The van der Waals surface area contributed by atoms with Crippen molar-refractivity contribution in [2.75, 3.05) is 13.1 Å². The predicted molar refractivity (Wildman–Crippen MR) is 126 cm³/mol. The van der Waals surface area contributed by atoms with Gasteiger partial charge in [0, 0.05) is 5.54 Å². The molecular formula is C26H46N2O. The highest BCUT2D eigenvalue weighted by atomic mass is 16.2. The maximum atomic E-state index is 13.5. The van der Waals surface area contributed by atoms with Crippen LogP contribution in [0, 0.1) is 5.41 Å². The number of nitrogens with zero attached hydrogens (tertiary/aromatic N) is 1. The third-order valence-electron chi connectivity index (χ3n) is 5.32. The highest BCUT2D eigenvalue weighted by Gasteiger charge is 2.32. The Kier molecular flexibility index (Phi) is 11.0. The van der Waals surface area contributed by atoms with Crippen LogP contribution in [0.15, 0.2) is 30.3 Å². The maximum absolute atomic E-state index is 13.5. The minimum atomic E-state index is -0.207. The number of rotatable bonds is 13. The average molecular weight is 403 g/mol. The second kappa shape index (κ2) is 12.4. The molecule has 1 unspecified atom stereocenters. The van der Waals surface area contributed by atoms with Crippen molar-refractivity contribution in [1.29, 1.82) is 0 Å². The molecule has 0 radical (unpaired) electrons. The molecule has 0 aliphatic carbocycles. The minimum absolute atomic E-state index is 0.0625. The van der Waals surface area contributed by atoms with E-state index in [-0.39, 0.29) is 22.9 Å². The van der Waals surface area contributed by atoms with Gasteiger partial charge in [-0.1, -0.05) is 77.8 Å². The molecule has 3 heteroatoms. The van der Waals surface area contributed by atoms with Gasteiger partial charge in [0.15, 0.2) is 0 Å². The van der Waals surface area contributed by atoms with Crippen LogP contribution in [0.2, 0.25) is 0 Å². The molecule has 3 nitrogen and oxygen atoms in total. The first-order chi connectivity index (χ1) is 13.6. The predicted octanol–water partition coefficient (Wildman–Crippen LogP) is 6.22. The van der Waals surface area contributed by atoms with E-state index >= 15 is 0 Å². The van der Waals surface area contributed by atoms with E-state index in [4.69, 9.17) is 0 Å². The third-order valence-corrected chi connectivity index (χ3v) is 5.32. The average Bonchev–Trinajstić information content (AvgIpc) is 2.61. The molecule has 0 aromatic heterocycles. The Hall–Kier alpha value is -1.35. The van der Waals surface area contributed by atoms with Crippen LogP contribution in [-0.2, 0) is 11.2 Å². The van der Waals surface area contributed by atoms with Crippen LogP contribution in [0.25, 0.3) is 0 Å². The summed E-state index contributed by atoms with van der Waals surface area (Å²) in [7, 11) is 0. The lowest BCUT2D eigenvalue weighted by atomic mass is 9.81. The Morgan fingerprint density at radius 1 is 0.966 bits per heavy atom. The topological polar surface area (TPSA) is 32.3 Å². The van der Waals surface area contributed by atoms with Crippen molar-refractivity contribution >= 4 is 5.91 Å². The van der Waals surface area contributed by atoms with E-state index in [9.17, 15) is 4.79 Å². The van der Waals surface area contributed by atoms with Gasteiger partial charge < -0.3 is 5.32 Å². The molecule has 1 rings (SSSR count). The van der Waals surface area contributed by atoms with Gasteiger partial charge in [0.05, 0.1) is 6.04 Å². The zero-order chi connectivity index (χ0) is 21.9. The van der Waals surface area contributed by atoms with Gasteiger partial charge >= 0.3 is 0 Å². The Bertz CT molecular complexity index is 566. The number of carbonyl (C=O) groups is 1. The summed E-state index contributed by atoms with van der Waals surface area (Å²) in [6.07, 6.45) is 7.37. The summed E-state index contributed by atoms with van der Waals surface area (Å²) < 4.78 is 0. The Morgan fingerprint density at radius 2 is 1.52 bits per heavy atom. The summed E-state index contributed by atoms with van der Waals surface area (Å²) in [6.45, 7) is 17.5. The zero-order valence-electron chi connectivity index (χ0n) is 20.2. The van der Waals surface area contributed by atoms with E-state index < -0.39 is 0 Å². The fraction of sp³-hybridized carbons (Fsp3) is 0.731. The molecule has 0 spiro atoms. The van der Waals surface area contributed by atoms with Gasteiger partial charge in [0.2, 0.25) is 5.91 Å². The second-order valence-corrected chi connectivity index (χ2v) is 10.4. The van der Waals surface area contributed by atoms with Gasteiger partial charge in [0.1, 0.15) is 0 Å². The number of carbonyl (C=O) groups excluding carboxylic acids is 1. The van der Waals surface area contributed by atoms with Gasteiger partial charge in [0.25, 0.3) is 0 Å². The Balaban J connectivity index is 2.97. The summed E-state index contributed by atoms with van der Waals surface area (Å²) in [5, 5.41) is 3.40. The third kappa shape index (κ3) is 10.8. The van der Waals surface area contributed by atoms with Gasteiger partial charge in [-0.05, 0) is 70.0 Å². The van der Waals surface area contributed by atoms with Crippen molar-refractivity contribution in [1.82, 2.24) is 10.2 Å². The number of benzene rings is 1. The van der Waals surface area contributed by atoms with Crippen molar-refractivity contribution in [3.8, 4) is 0 Å². The van der Waals surface area contributed by atoms with E-state index in [2.05, 4.69) is 89.0 Å². The lowest BCUT2D eigenvalue weighted by Crippen LogP contribution is -2.54. The lowest BCUT2D eigenvalue weighted by molar-refractivity contribution is -0.128. The first-order valence-electron chi connectivity index (χ1n) is 11.7. The molecule has 166 valence electrons. The minimum Gasteiger partial charge on any atom is -0.350 e. The molecule has 0 fully saturated rings. The number of amides is 1. The van der Waals surface area contributed by atoms with Crippen molar-refractivity contribution in [3.63, 3.8) is 0 Å². The van der Waals surface area contributed by atoms with E-state index in [0.717, 1.165) is 58.0 Å². The molecule has 0 saturated carbocycles. The summed E-state index contributed by atoms with van der Waals surface area (Å²) >= 11 is 0. The van der Waals surface area contributed by atoms with Crippen LogP contribution in [0.1, 0.15) is 92.6 Å². The molecule has 0 bridgehead atoms. The van der Waals surface area contributed by atoms with E-state index in [1.807, 2.05) is 0 Å². The number of unbranched alkanes of at least 4 members (excludes halogenated alkanes) is 2. The van der Waals surface area contributed by atoms with Crippen molar-refractivity contribution < 1.29 is 4.79 Å². The first-order valence-corrected chi connectivity index (χ1v) is 11.7. The summed E-state index contributed by atoms with van der Waals surface area (Å²) in [5.41, 5.74) is 1.28. The lowest BCUT2D eigenvalue weighted by Gasteiger charge is -2.37. The molecule has 1 aromatic rings. The van der Waals surface area contributed by atoms with Crippen LogP contribution in [0.5, 0.6) is 0 Å². The standard InChI is InChI=1S/C26H46N2O/c1-8-10-19-28(20-11-9-2)23(18-17-22-15-13-12-14-16-22)24(29)27-26(6,7)21-25(3,4)5/h12-16,23H,8-11,17-21H2,1-7H3,(H,27,29). The van der Waals surface area contributed by atoms with Crippen LogP contribution in [0.3, 0.4) is 0 Å². The van der Waals surface area contributed by atoms with Crippen molar-refractivity contribution in [3.05, 3.63) is 35.9 Å². The van der Waals surface area contributed by atoms with E-state index in [0.29, 0.717) is 0 Å². The highest BCUT2D eigenvalue weighted by molar-refractivity contribution is 5.82. The van der Waals surface area contributed by atoms with Crippen molar-refractivity contribution in [2.45, 2.75) is 105 Å². The number of aryl methyl sites for hydroxylation is 1. The largest absolute Gasteiger partial charge is 0.350 e. The molecule has 29 heavy (non-hydrogen) atoms. The van der Waals surface area contributed by atoms with E-state index in [1.54, 1.807) is 0 Å². The Morgan fingerprint density at radius 3 is 2.00 bits per heavy atom. The normalized spacial score (nSPS) is 13.5. The molecule has 1 N–H and O–H groups in total.